The van der Waals surface area contributed by atoms with Crippen LogP contribution in [0.25, 0.3) is 0 Å². The maximum absolute atomic E-state index is 13.7. The van der Waals surface area contributed by atoms with Crippen molar-refractivity contribution >= 4 is 17.5 Å². The van der Waals surface area contributed by atoms with Gasteiger partial charge >= 0.3 is 0 Å². The lowest BCUT2D eigenvalue weighted by atomic mass is 10.1. The summed E-state index contributed by atoms with van der Waals surface area (Å²) >= 11 is 5.66. The summed E-state index contributed by atoms with van der Waals surface area (Å²) < 4.78 is 13.7. The minimum atomic E-state index is -0.677. The molecule has 1 aromatic carbocycles. The first-order valence-electron chi connectivity index (χ1n) is 5.12. The molecule has 0 fully saturated rings. The van der Waals surface area contributed by atoms with E-state index in [0.29, 0.717) is 0 Å². The molecule has 3 nitrogen and oxygen atoms in total. The molecule has 0 aromatic heterocycles. The molecule has 5 heteroatoms. The lowest BCUT2D eigenvalue weighted by Crippen LogP contribution is -2.27. The number of carbonyl (C=O) groups is 1. The Morgan fingerprint density at radius 1 is 1.59 bits per heavy atom. The van der Waals surface area contributed by atoms with Crippen LogP contribution in [0.4, 0.5) is 4.39 Å². The van der Waals surface area contributed by atoms with Gasteiger partial charge in [0.2, 0.25) is 5.91 Å². The fourth-order valence-corrected chi connectivity index (χ4v) is 1.41. The highest BCUT2D eigenvalue weighted by Gasteiger charge is 2.13. The van der Waals surface area contributed by atoms with Gasteiger partial charge in [0.15, 0.2) is 0 Å². The van der Waals surface area contributed by atoms with Gasteiger partial charge in [-0.05, 0) is 6.07 Å². The maximum Gasteiger partial charge on any atom is 0.222 e. The smallest absolute Gasteiger partial charge is 0.222 e. The summed E-state index contributed by atoms with van der Waals surface area (Å²) in [6.45, 7) is 3.54. The zero-order chi connectivity index (χ0) is 13.0. The molecule has 0 aliphatic heterocycles. The highest BCUT2D eigenvalue weighted by Crippen LogP contribution is 2.21. The summed E-state index contributed by atoms with van der Waals surface area (Å²) in [5, 5.41) is 11.4. The van der Waals surface area contributed by atoms with Crippen molar-refractivity contribution in [1.29, 1.82) is 5.26 Å². The molecule has 0 atom stereocenters. The maximum atomic E-state index is 13.7. The molecule has 0 heterocycles. The highest BCUT2D eigenvalue weighted by atomic mass is 35.5. The van der Waals surface area contributed by atoms with Crippen LogP contribution in [0.5, 0.6) is 0 Å². The third-order valence-electron chi connectivity index (χ3n) is 2.26. The van der Waals surface area contributed by atoms with Crippen LogP contribution in [-0.2, 0) is 11.3 Å². The molecule has 90 valence electrons. The monoisotopic (exact) mass is 254 g/mol. The van der Waals surface area contributed by atoms with E-state index in [2.05, 4.69) is 5.32 Å². The Morgan fingerprint density at radius 2 is 2.24 bits per heavy atom. The first kappa shape index (κ1) is 13.5. The molecular weight excluding hydrogens is 243 g/mol. The number of hydrogen-bond donors (Lipinski definition) is 1. The van der Waals surface area contributed by atoms with E-state index in [1.54, 1.807) is 19.9 Å². The average Bonchev–Trinajstić information content (AvgIpc) is 2.28. The highest BCUT2D eigenvalue weighted by molar-refractivity contribution is 6.31. The number of amides is 1. The van der Waals surface area contributed by atoms with Crippen molar-refractivity contribution in [2.45, 2.75) is 20.4 Å². The van der Waals surface area contributed by atoms with Crippen LogP contribution in [0.1, 0.15) is 25.0 Å². The topological polar surface area (TPSA) is 52.9 Å². The molecule has 0 unspecified atom stereocenters. The fraction of sp³-hybridized carbons (Fsp3) is 0.333. The van der Waals surface area contributed by atoms with E-state index in [-0.39, 0.29) is 34.5 Å². The number of carbonyl (C=O) groups excluding carboxylic acids is 1. The summed E-state index contributed by atoms with van der Waals surface area (Å²) in [7, 11) is 0. The summed E-state index contributed by atoms with van der Waals surface area (Å²) in [5.41, 5.74) is 0.0583. The van der Waals surface area contributed by atoms with Crippen LogP contribution in [0, 0.1) is 23.1 Å². The zero-order valence-electron chi connectivity index (χ0n) is 9.55. The van der Waals surface area contributed by atoms with Gasteiger partial charge in [-0.25, -0.2) is 4.39 Å². The van der Waals surface area contributed by atoms with Gasteiger partial charge in [-0.3, -0.25) is 4.79 Å². The van der Waals surface area contributed by atoms with Crippen molar-refractivity contribution in [3.63, 3.8) is 0 Å². The second-order valence-electron chi connectivity index (χ2n) is 3.88. The molecule has 17 heavy (non-hydrogen) atoms. The first-order valence-corrected chi connectivity index (χ1v) is 5.49. The Hall–Kier alpha value is -1.60. The molecule has 0 aliphatic carbocycles. The third-order valence-corrected chi connectivity index (χ3v) is 2.58. The normalized spacial score (nSPS) is 10.1. The molecule has 1 rings (SSSR count). The molecular formula is C12H12ClFN2O. The van der Waals surface area contributed by atoms with E-state index in [0.717, 1.165) is 0 Å². The van der Waals surface area contributed by atoms with Gasteiger partial charge in [0.25, 0.3) is 0 Å². The third kappa shape index (κ3) is 3.18. The van der Waals surface area contributed by atoms with Gasteiger partial charge in [-0.1, -0.05) is 31.5 Å². The van der Waals surface area contributed by atoms with E-state index >= 15 is 0 Å². The standard InChI is InChI=1S/C12H12ClFN2O/c1-7(2)12(17)16-6-8-3-4-10(13)9(5-15)11(8)14/h3-4,7H,6H2,1-2H3,(H,16,17). The van der Waals surface area contributed by atoms with E-state index in [1.165, 1.54) is 12.1 Å². The largest absolute Gasteiger partial charge is 0.352 e. The van der Waals surface area contributed by atoms with Crippen molar-refractivity contribution in [1.82, 2.24) is 5.32 Å². The number of rotatable bonds is 3. The zero-order valence-corrected chi connectivity index (χ0v) is 10.3. The second kappa shape index (κ2) is 5.65. The summed E-state index contributed by atoms with van der Waals surface area (Å²) in [5.74, 6) is -1.01. The molecule has 0 bridgehead atoms. The Balaban J connectivity index is 2.87. The molecule has 0 saturated heterocycles. The van der Waals surface area contributed by atoms with Crippen molar-refractivity contribution < 1.29 is 9.18 Å². The molecule has 1 aromatic rings. The van der Waals surface area contributed by atoms with Gasteiger partial charge in [0.05, 0.1) is 5.02 Å². The van der Waals surface area contributed by atoms with Crippen molar-refractivity contribution in [2.75, 3.05) is 0 Å². The SMILES string of the molecule is CC(C)C(=O)NCc1ccc(Cl)c(C#N)c1F. The molecule has 0 radical (unpaired) electrons. The predicted octanol–water partition coefficient (Wildman–Crippen LogP) is 2.62. The number of hydrogen-bond acceptors (Lipinski definition) is 2. The van der Waals surface area contributed by atoms with Gasteiger partial charge in [-0.2, -0.15) is 5.26 Å². The second-order valence-corrected chi connectivity index (χ2v) is 4.29. The van der Waals surface area contributed by atoms with Crippen molar-refractivity contribution in [3.05, 3.63) is 34.1 Å². The molecule has 0 spiro atoms. The van der Waals surface area contributed by atoms with Gasteiger partial charge in [0, 0.05) is 18.0 Å². The van der Waals surface area contributed by atoms with E-state index in [4.69, 9.17) is 16.9 Å². The van der Waals surface area contributed by atoms with Crippen LogP contribution in [0.15, 0.2) is 12.1 Å². The van der Waals surface area contributed by atoms with Crippen LogP contribution in [0.2, 0.25) is 5.02 Å². The molecule has 1 amide bonds. The van der Waals surface area contributed by atoms with Crippen LogP contribution >= 0.6 is 11.6 Å². The first-order chi connectivity index (χ1) is 7.97. The fourth-order valence-electron chi connectivity index (χ4n) is 1.22. The van der Waals surface area contributed by atoms with E-state index in [1.807, 2.05) is 0 Å². The quantitative estimate of drug-likeness (QED) is 0.902. The van der Waals surface area contributed by atoms with Crippen LogP contribution in [0.3, 0.4) is 0 Å². The average molecular weight is 255 g/mol. The Bertz CT molecular complexity index is 480. The van der Waals surface area contributed by atoms with Crippen LogP contribution in [-0.4, -0.2) is 5.91 Å². The minimum absolute atomic E-state index is 0.0503. The number of nitriles is 1. The number of halogens is 2. The molecule has 1 N–H and O–H groups in total. The predicted molar refractivity (Wildman–Crippen MR) is 62.8 cm³/mol. The summed E-state index contributed by atoms with van der Waals surface area (Å²) in [6, 6.07) is 4.60. The lowest BCUT2D eigenvalue weighted by molar-refractivity contribution is -0.124. The Labute approximate surface area is 104 Å². The lowest BCUT2D eigenvalue weighted by Gasteiger charge is -2.09. The summed E-state index contributed by atoms with van der Waals surface area (Å²) in [6.07, 6.45) is 0. The summed E-state index contributed by atoms with van der Waals surface area (Å²) in [4.78, 5) is 11.3. The molecule has 0 saturated carbocycles. The number of nitrogens with one attached hydrogen (secondary N) is 1. The molecule has 0 aliphatic rings. The number of nitrogens with zero attached hydrogens (tertiary/aromatic N) is 1. The van der Waals surface area contributed by atoms with Crippen molar-refractivity contribution in [2.24, 2.45) is 5.92 Å². The van der Waals surface area contributed by atoms with Crippen molar-refractivity contribution in [3.8, 4) is 6.07 Å². The van der Waals surface area contributed by atoms with Gasteiger partial charge in [-0.15, -0.1) is 0 Å². The number of benzene rings is 1. The van der Waals surface area contributed by atoms with Gasteiger partial charge < -0.3 is 5.32 Å². The minimum Gasteiger partial charge on any atom is -0.352 e. The van der Waals surface area contributed by atoms with E-state index < -0.39 is 5.82 Å². The van der Waals surface area contributed by atoms with E-state index in [9.17, 15) is 9.18 Å². The Kier molecular flexibility index (Phi) is 4.47. The Morgan fingerprint density at radius 3 is 2.76 bits per heavy atom. The van der Waals surface area contributed by atoms with Gasteiger partial charge in [0.1, 0.15) is 17.4 Å². The van der Waals surface area contributed by atoms with Crippen LogP contribution < -0.4 is 5.32 Å².